The fourth-order valence-electron chi connectivity index (χ4n) is 1.99. The van der Waals surface area contributed by atoms with Gasteiger partial charge in [0.25, 0.3) is 5.56 Å². The van der Waals surface area contributed by atoms with Crippen LogP contribution in [0.4, 0.5) is 5.82 Å². The van der Waals surface area contributed by atoms with E-state index in [2.05, 4.69) is 20.4 Å². The maximum atomic E-state index is 11.9. The summed E-state index contributed by atoms with van der Waals surface area (Å²) in [6.07, 6.45) is 1.86. The predicted molar refractivity (Wildman–Crippen MR) is 72.8 cm³/mol. The van der Waals surface area contributed by atoms with Crippen LogP contribution >= 0.6 is 0 Å². The summed E-state index contributed by atoms with van der Waals surface area (Å²) in [5.41, 5.74) is 1.08. The number of rotatable bonds is 3. The minimum absolute atomic E-state index is 0.0128. The van der Waals surface area contributed by atoms with Crippen LogP contribution in [-0.4, -0.2) is 25.7 Å². The number of aryl methyl sites for hydroxylation is 2. The van der Waals surface area contributed by atoms with Gasteiger partial charge in [0.15, 0.2) is 0 Å². The van der Waals surface area contributed by atoms with E-state index in [0.29, 0.717) is 17.5 Å². The van der Waals surface area contributed by atoms with Crippen molar-refractivity contribution in [3.8, 4) is 5.95 Å². The lowest BCUT2D eigenvalue weighted by Crippen LogP contribution is -2.19. The Bertz CT molecular complexity index is 727. The summed E-state index contributed by atoms with van der Waals surface area (Å²) in [7, 11) is 0. The Morgan fingerprint density at radius 1 is 1.40 bits per heavy atom. The normalized spacial score (nSPS) is 14.3. The van der Waals surface area contributed by atoms with Crippen molar-refractivity contribution >= 4 is 11.7 Å². The number of H-pyrrole nitrogens is 1. The molecule has 0 aliphatic heterocycles. The Labute approximate surface area is 115 Å². The van der Waals surface area contributed by atoms with Crippen LogP contribution in [-0.2, 0) is 4.79 Å². The topological polar surface area (TPSA) is 92.7 Å². The molecule has 3 rings (SSSR count). The zero-order chi connectivity index (χ0) is 14.3. The zero-order valence-electron chi connectivity index (χ0n) is 11.3. The lowest BCUT2D eigenvalue weighted by Gasteiger charge is -2.07. The minimum Gasteiger partial charge on any atom is -0.328 e. The van der Waals surface area contributed by atoms with Gasteiger partial charge in [-0.25, -0.2) is 0 Å². The van der Waals surface area contributed by atoms with Gasteiger partial charge in [-0.15, -0.1) is 0 Å². The van der Waals surface area contributed by atoms with Crippen molar-refractivity contribution in [1.82, 2.24) is 19.7 Å². The number of nitrogens with zero attached hydrogens (tertiary/aromatic N) is 3. The van der Waals surface area contributed by atoms with E-state index in [9.17, 15) is 9.59 Å². The molecule has 104 valence electrons. The average Bonchev–Trinajstić information content (AvgIpc) is 3.13. The van der Waals surface area contributed by atoms with Crippen LogP contribution in [0.2, 0.25) is 0 Å². The quantitative estimate of drug-likeness (QED) is 0.869. The molecule has 1 fully saturated rings. The van der Waals surface area contributed by atoms with Gasteiger partial charge in [0, 0.05) is 23.7 Å². The molecule has 0 unspecified atom stereocenters. The van der Waals surface area contributed by atoms with E-state index in [1.807, 2.05) is 6.92 Å². The molecule has 7 nitrogen and oxygen atoms in total. The first-order valence-corrected chi connectivity index (χ1v) is 6.49. The largest absolute Gasteiger partial charge is 0.328 e. The van der Waals surface area contributed by atoms with Gasteiger partial charge in [-0.2, -0.15) is 14.8 Å². The third kappa shape index (κ3) is 2.47. The second-order valence-electron chi connectivity index (χ2n) is 5.07. The lowest BCUT2D eigenvalue weighted by atomic mass is 10.4. The van der Waals surface area contributed by atoms with Crippen molar-refractivity contribution in [2.24, 2.45) is 5.92 Å². The van der Waals surface area contributed by atoms with Crippen molar-refractivity contribution in [2.75, 3.05) is 5.32 Å². The van der Waals surface area contributed by atoms with E-state index >= 15 is 0 Å². The first-order chi connectivity index (χ1) is 9.52. The van der Waals surface area contributed by atoms with Crippen molar-refractivity contribution in [2.45, 2.75) is 26.7 Å². The lowest BCUT2D eigenvalue weighted by molar-refractivity contribution is -0.117. The number of aromatic nitrogens is 4. The first kappa shape index (κ1) is 12.6. The maximum absolute atomic E-state index is 11.9. The highest BCUT2D eigenvalue weighted by Crippen LogP contribution is 2.30. The van der Waals surface area contributed by atoms with Gasteiger partial charge < -0.3 is 10.3 Å². The summed E-state index contributed by atoms with van der Waals surface area (Å²) in [6, 6.07) is 3.16. The van der Waals surface area contributed by atoms with E-state index in [-0.39, 0.29) is 17.4 Å². The molecule has 0 aromatic carbocycles. The molecule has 2 aromatic heterocycles. The number of amides is 1. The van der Waals surface area contributed by atoms with Crippen molar-refractivity contribution in [3.05, 3.63) is 33.9 Å². The molecule has 2 aromatic rings. The molecule has 20 heavy (non-hydrogen) atoms. The summed E-state index contributed by atoms with van der Waals surface area (Å²) >= 11 is 0. The molecule has 1 aliphatic rings. The maximum Gasteiger partial charge on any atom is 0.274 e. The second kappa shape index (κ2) is 4.59. The van der Waals surface area contributed by atoms with Gasteiger partial charge in [-0.05, 0) is 26.7 Å². The van der Waals surface area contributed by atoms with Crippen LogP contribution in [0.1, 0.15) is 24.2 Å². The molecule has 0 saturated heterocycles. The number of carbonyl (C=O) groups is 1. The summed E-state index contributed by atoms with van der Waals surface area (Å²) in [4.78, 5) is 30.2. The summed E-state index contributed by atoms with van der Waals surface area (Å²) in [5, 5.41) is 7.10. The zero-order valence-corrected chi connectivity index (χ0v) is 11.3. The number of aromatic amines is 1. The van der Waals surface area contributed by atoms with Crippen LogP contribution in [0.25, 0.3) is 5.95 Å². The van der Waals surface area contributed by atoms with Gasteiger partial charge in [0.05, 0.1) is 5.69 Å². The fraction of sp³-hybridized carbons (Fsp3) is 0.385. The number of hydrogen-bond donors (Lipinski definition) is 2. The van der Waals surface area contributed by atoms with Crippen LogP contribution in [0.5, 0.6) is 0 Å². The van der Waals surface area contributed by atoms with Crippen LogP contribution in [0.15, 0.2) is 16.9 Å². The molecule has 0 radical (unpaired) electrons. The van der Waals surface area contributed by atoms with E-state index in [0.717, 1.165) is 18.5 Å². The highest BCUT2D eigenvalue weighted by molar-refractivity contribution is 5.93. The Morgan fingerprint density at radius 2 is 2.15 bits per heavy atom. The molecule has 1 amide bonds. The van der Waals surface area contributed by atoms with Gasteiger partial charge in [0.2, 0.25) is 11.9 Å². The molecular formula is C13H15N5O2. The van der Waals surface area contributed by atoms with E-state index in [1.54, 1.807) is 13.0 Å². The number of anilines is 1. The SMILES string of the molecule is Cc1cc(NC(=O)C2CC2)n(-c2nc(=O)cc(C)[nH]2)n1. The average molecular weight is 273 g/mol. The van der Waals surface area contributed by atoms with E-state index in [4.69, 9.17) is 0 Å². The third-order valence-electron chi connectivity index (χ3n) is 3.10. The molecule has 2 heterocycles. The standard InChI is InChI=1S/C13H15N5O2/c1-7-6-11(19)16-13(14-7)18-10(5-8(2)17-18)15-12(20)9-3-4-9/h5-6,9H,3-4H2,1-2H3,(H,15,20)(H,14,16,19). The van der Waals surface area contributed by atoms with Crippen molar-refractivity contribution < 1.29 is 4.79 Å². The predicted octanol–water partition coefficient (Wildman–Crippen LogP) is 0.921. The second-order valence-corrected chi connectivity index (χ2v) is 5.07. The number of carbonyl (C=O) groups excluding carboxylic acids is 1. The van der Waals surface area contributed by atoms with Gasteiger partial charge in [-0.3, -0.25) is 9.59 Å². The van der Waals surface area contributed by atoms with Crippen molar-refractivity contribution in [1.29, 1.82) is 0 Å². The third-order valence-corrected chi connectivity index (χ3v) is 3.10. The summed E-state index contributed by atoms with van der Waals surface area (Å²) < 4.78 is 1.45. The highest BCUT2D eigenvalue weighted by atomic mass is 16.2. The molecule has 0 bridgehead atoms. The Hall–Kier alpha value is -2.44. The van der Waals surface area contributed by atoms with E-state index in [1.165, 1.54) is 10.7 Å². The molecule has 0 atom stereocenters. The van der Waals surface area contributed by atoms with Gasteiger partial charge in [-0.1, -0.05) is 0 Å². The Balaban J connectivity index is 1.99. The molecule has 2 N–H and O–H groups in total. The Morgan fingerprint density at radius 3 is 2.80 bits per heavy atom. The van der Waals surface area contributed by atoms with Gasteiger partial charge >= 0.3 is 0 Å². The summed E-state index contributed by atoms with van der Waals surface area (Å²) in [6.45, 7) is 3.59. The van der Waals surface area contributed by atoms with Crippen molar-refractivity contribution in [3.63, 3.8) is 0 Å². The minimum atomic E-state index is -0.344. The number of nitrogens with one attached hydrogen (secondary N) is 2. The van der Waals surface area contributed by atoms with Crippen LogP contribution in [0, 0.1) is 19.8 Å². The first-order valence-electron chi connectivity index (χ1n) is 6.49. The highest BCUT2D eigenvalue weighted by Gasteiger charge is 2.30. The molecule has 1 aliphatic carbocycles. The molecule has 0 spiro atoms. The smallest absolute Gasteiger partial charge is 0.274 e. The Kier molecular flexibility index (Phi) is 2.89. The van der Waals surface area contributed by atoms with Crippen LogP contribution in [0.3, 0.4) is 0 Å². The monoisotopic (exact) mass is 273 g/mol. The molecule has 7 heteroatoms. The van der Waals surface area contributed by atoms with Crippen LogP contribution < -0.4 is 10.9 Å². The molecular weight excluding hydrogens is 258 g/mol. The van der Waals surface area contributed by atoms with E-state index < -0.39 is 0 Å². The number of hydrogen-bond acceptors (Lipinski definition) is 4. The van der Waals surface area contributed by atoms with Gasteiger partial charge in [0.1, 0.15) is 5.82 Å². The molecule has 1 saturated carbocycles. The summed E-state index contributed by atoms with van der Waals surface area (Å²) in [5.74, 6) is 0.909. The fourth-order valence-corrected chi connectivity index (χ4v) is 1.99.